The van der Waals surface area contributed by atoms with Gasteiger partial charge >= 0.3 is 0 Å². The van der Waals surface area contributed by atoms with E-state index in [-0.39, 0.29) is 23.9 Å². The minimum absolute atomic E-state index is 0.0492. The molecule has 2 amide bonds. The molecule has 7 nitrogen and oxygen atoms in total. The monoisotopic (exact) mass is 353 g/mol. The van der Waals surface area contributed by atoms with Gasteiger partial charge < -0.3 is 10.2 Å². The van der Waals surface area contributed by atoms with Crippen LogP contribution in [0, 0.1) is 29.9 Å². The standard InChI is InChI=1S/C19H19N3O4/c1-12-6-3-4-8-16(12)21-11-14(10-18(21)23)19(24)20-15-7-5-9-17(13(15)2)22(25)26/h3-9,14H,10-11H2,1-2H3,(H,20,24). The van der Waals surface area contributed by atoms with Crippen LogP contribution in [0.5, 0.6) is 0 Å². The number of rotatable bonds is 4. The first-order valence-electron chi connectivity index (χ1n) is 8.29. The van der Waals surface area contributed by atoms with Crippen molar-refractivity contribution >= 4 is 28.9 Å². The maximum Gasteiger partial charge on any atom is 0.274 e. The Bertz CT molecular complexity index is 894. The van der Waals surface area contributed by atoms with Gasteiger partial charge in [0, 0.05) is 24.7 Å². The Morgan fingerprint density at radius 1 is 1.19 bits per heavy atom. The lowest BCUT2D eigenvalue weighted by Gasteiger charge is -2.19. The lowest BCUT2D eigenvalue weighted by molar-refractivity contribution is -0.385. The molecular weight excluding hydrogens is 334 g/mol. The first-order valence-corrected chi connectivity index (χ1v) is 8.29. The second-order valence-electron chi connectivity index (χ2n) is 6.39. The minimum Gasteiger partial charge on any atom is -0.325 e. The Labute approximate surface area is 150 Å². The number of carbonyl (C=O) groups is 2. The summed E-state index contributed by atoms with van der Waals surface area (Å²) < 4.78 is 0. The van der Waals surface area contributed by atoms with Gasteiger partial charge in [0.2, 0.25) is 11.8 Å². The highest BCUT2D eigenvalue weighted by molar-refractivity contribution is 6.04. The molecule has 1 N–H and O–H groups in total. The van der Waals surface area contributed by atoms with E-state index in [1.165, 1.54) is 12.1 Å². The van der Waals surface area contributed by atoms with E-state index in [4.69, 9.17) is 0 Å². The van der Waals surface area contributed by atoms with E-state index in [9.17, 15) is 19.7 Å². The topological polar surface area (TPSA) is 92.6 Å². The summed E-state index contributed by atoms with van der Waals surface area (Å²) >= 11 is 0. The molecule has 1 saturated heterocycles. The Kier molecular flexibility index (Phi) is 4.71. The van der Waals surface area contributed by atoms with E-state index in [0.717, 1.165) is 11.3 Å². The van der Waals surface area contributed by atoms with Crippen LogP contribution in [0.2, 0.25) is 0 Å². The maximum absolute atomic E-state index is 12.6. The van der Waals surface area contributed by atoms with Gasteiger partial charge in [0.1, 0.15) is 0 Å². The van der Waals surface area contributed by atoms with Gasteiger partial charge in [-0.25, -0.2) is 0 Å². The smallest absolute Gasteiger partial charge is 0.274 e. The number of aryl methyl sites for hydroxylation is 1. The van der Waals surface area contributed by atoms with Crippen LogP contribution in [0.1, 0.15) is 17.5 Å². The zero-order chi connectivity index (χ0) is 18.8. The average molecular weight is 353 g/mol. The lowest BCUT2D eigenvalue weighted by Crippen LogP contribution is -2.28. The summed E-state index contributed by atoms with van der Waals surface area (Å²) in [6, 6.07) is 12.1. The Balaban J connectivity index is 1.76. The molecule has 0 aliphatic carbocycles. The number of hydrogen-bond donors (Lipinski definition) is 1. The molecule has 0 radical (unpaired) electrons. The summed E-state index contributed by atoms with van der Waals surface area (Å²) in [4.78, 5) is 37.1. The number of nitrogens with zero attached hydrogens (tertiary/aromatic N) is 2. The molecule has 0 aromatic heterocycles. The van der Waals surface area contributed by atoms with Gasteiger partial charge in [-0.3, -0.25) is 19.7 Å². The molecule has 0 spiro atoms. The molecule has 134 valence electrons. The van der Waals surface area contributed by atoms with E-state index in [1.807, 2.05) is 31.2 Å². The molecule has 1 aliphatic heterocycles. The first-order chi connectivity index (χ1) is 12.4. The van der Waals surface area contributed by atoms with E-state index in [0.29, 0.717) is 17.8 Å². The minimum atomic E-state index is -0.499. The largest absolute Gasteiger partial charge is 0.325 e. The van der Waals surface area contributed by atoms with Gasteiger partial charge in [-0.05, 0) is 31.5 Å². The fourth-order valence-electron chi connectivity index (χ4n) is 3.17. The normalized spacial score (nSPS) is 16.6. The predicted molar refractivity (Wildman–Crippen MR) is 98.1 cm³/mol. The summed E-state index contributed by atoms with van der Waals surface area (Å²) in [6.45, 7) is 3.80. The second-order valence-corrected chi connectivity index (χ2v) is 6.39. The van der Waals surface area contributed by atoms with Crippen LogP contribution in [0.25, 0.3) is 0 Å². The number of nitro groups is 1. The molecule has 2 aromatic rings. The molecule has 7 heteroatoms. The van der Waals surface area contributed by atoms with Crippen molar-refractivity contribution < 1.29 is 14.5 Å². The third-order valence-electron chi connectivity index (χ3n) is 4.66. The summed E-state index contributed by atoms with van der Waals surface area (Å²) in [6.07, 6.45) is 0.119. The van der Waals surface area contributed by atoms with Crippen molar-refractivity contribution in [1.29, 1.82) is 0 Å². The predicted octanol–water partition coefficient (Wildman–Crippen LogP) is 3.20. The van der Waals surface area contributed by atoms with Crippen LogP contribution in [0.15, 0.2) is 42.5 Å². The first kappa shape index (κ1) is 17.6. The van der Waals surface area contributed by atoms with Crippen molar-refractivity contribution in [3.05, 3.63) is 63.7 Å². The molecule has 1 fully saturated rings. The highest BCUT2D eigenvalue weighted by atomic mass is 16.6. The quantitative estimate of drug-likeness (QED) is 0.675. The van der Waals surface area contributed by atoms with Gasteiger partial charge in [0.05, 0.1) is 22.1 Å². The van der Waals surface area contributed by atoms with Crippen LogP contribution in [-0.4, -0.2) is 23.3 Å². The Morgan fingerprint density at radius 2 is 1.92 bits per heavy atom. The molecule has 3 rings (SSSR count). The molecule has 26 heavy (non-hydrogen) atoms. The lowest BCUT2D eigenvalue weighted by atomic mass is 10.1. The number of nitro benzene ring substituents is 1. The third kappa shape index (κ3) is 3.28. The number of carbonyl (C=O) groups excluding carboxylic acids is 2. The molecule has 1 aliphatic rings. The molecule has 1 unspecified atom stereocenters. The molecule has 0 saturated carbocycles. The highest BCUT2D eigenvalue weighted by Gasteiger charge is 2.35. The number of para-hydroxylation sites is 1. The van der Waals surface area contributed by atoms with Crippen molar-refractivity contribution in [2.75, 3.05) is 16.8 Å². The number of benzene rings is 2. The molecule has 0 bridgehead atoms. The summed E-state index contributed by atoms with van der Waals surface area (Å²) in [5, 5.41) is 13.8. The molecule has 1 atom stereocenters. The van der Waals surface area contributed by atoms with Crippen LogP contribution >= 0.6 is 0 Å². The number of hydrogen-bond acceptors (Lipinski definition) is 4. The summed E-state index contributed by atoms with van der Waals surface area (Å²) in [5.74, 6) is -0.908. The second kappa shape index (κ2) is 6.95. The van der Waals surface area contributed by atoms with Crippen LogP contribution in [-0.2, 0) is 9.59 Å². The van der Waals surface area contributed by atoms with Crippen LogP contribution in [0.4, 0.5) is 17.1 Å². The fraction of sp³-hybridized carbons (Fsp3) is 0.263. The number of nitrogens with one attached hydrogen (secondary N) is 1. The fourth-order valence-corrected chi connectivity index (χ4v) is 3.17. The van der Waals surface area contributed by atoms with Crippen molar-refractivity contribution in [1.82, 2.24) is 0 Å². The summed E-state index contributed by atoms with van der Waals surface area (Å²) in [5.41, 5.74) is 2.51. The third-order valence-corrected chi connectivity index (χ3v) is 4.66. The summed E-state index contributed by atoms with van der Waals surface area (Å²) in [7, 11) is 0. The van der Waals surface area contributed by atoms with Crippen LogP contribution in [0.3, 0.4) is 0 Å². The van der Waals surface area contributed by atoms with E-state index in [1.54, 1.807) is 17.9 Å². The van der Waals surface area contributed by atoms with Gasteiger partial charge in [-0.1, -0.05) is 24.3 Å². The van der Waals surface area contributed by atoms with Gasteiger partial charge in [0.15, 0.2) is 0 Å². The highest BCUT2D eigenvalue weighted by Crippen LogP contribution is 2.30. The number of anilines is 2. The molecular formula is C19H19N3O4. The maximum atomic E-state index is 12.6. The van der Waals surface area contributed by atoms with Gasteiger partial charge in [-0.15, -0.1) is 0 Å². The van der Waals surface area contributed by atoms with E-state index in [2.05, 4.69) is 5.32 Å². The number of amides is 2. The van der Waals surface area contributed by atoms with E-state index >= 15 is 0 Å². The zero-order valence-electron chi connectivity index (χ0n) is 14.6. The van der Waals surface area contributed by atoms with Crippen molar-refractivity contribution in [3.63, 3.8) is 0 Å². The Morgan fingerprint density at radius 3 is 2.62 bits per heavy atom. The van der Waals surface area contributed by atoms with Gasteiger partial charge in [0.25, 0.3) is 5.69 Å². The average Bonchev–Trinajstić information content (AvgIpc) is 2.98. The molecule has 2 aromatic carbocycles. The van der Waals surface area contributed by atoms with E-state index < -0.39 is 10.8 Å². The molecule has 1 heterocycles. The van der Waals surface area contributed by atoms with Crippen molar-refractivity contribution in [3.8, 4) is 0 Å². The van der Waals surface area contributed by atoms with Crippen molar-refractivity contribution in [2.45, 2.75) is 20.3 Å². The Hall–Kier alpha value is -3.22. The van der Waals surface area contributed by atoms with Crippen molar-refractivity contribution in [2.24, 2.45) is 5.92 Å². The van der Waals surface area contributed by atoms with Gasteiger partial charge in [-0.2, -0.15) is 0 Å². The van der Waals surface area contributed by atoms with Crippen LogP contribution < -0.4 is 10.2 Å². The zero-order valence-corrected chi connectivity index (χ0v) is 14.6. The SMILES string of the molecule is Cc1ccccc1N1CC(C(=O)Nc2cccc([N+](=O)[O-])c2C)CC1=O.